The number of esters is 2. The number of ether oxygens (including phenoxy) is 4. The summed E-state index contributed by atoms with van der Waals surface area (Å²) in [5, 5.41) is 2.75. The van der Waals surface area contributed by atoms with Crippen molar-refractivity contribution in [2.75, 3.05) is 20.8 Å². The molecule has 1 aromatic heterocycles. The average molecular weight is 541 g/mol. The first-order chi connectivity index (χ1) is 18.7. The largest absolute Gasteiger partial charge is 0.493 e. The lowest BCUT2D eigenvalue weighted by atomic mass is 9.74. The van der Waals surface area contributed by atoms with Gasteiger partial charge >= 0.3 is 11.9 Å². The highest BCUT2D eigenvalue weighted by Crippen LogP contribution is 2.35. The summed E-state index contributed by atoms with van der Waals surface area (Å²) < 4.78 is 21.5. The summed E-state index contributed by atoms with van der Waals surface area (Å²) in [7, 11) is 2.87. The predicted molar refractivity (Wildman–Crippen MR) is 146 cm³/mol. The van der Waals surface area contributed by atoms with Crippen LogP contribution in [-0.2, 0) is 24.5 Å². The van der Waals surface area contributed by atoms with Gasteiger partial charge in [0.2, 0.25) is 5.75 Å². The van der Waals surface area contributed by atoms with Gasteiger partial charge in [0, 0.05) is 19.4 Å². The van der Waals surface area contributed by atoms with Crippen molar-refractivity contribution in [1.29, 1.82) is 0 Å². The number of nitrogens with one attached hydrogen (secondary N) is 1. The van der Waals surface area contributed by atoms with E-state index in [2.05, 4.69) is 36.3 Å². The zero-order valence-electron chi connectivity index (χ0n) is 23.5. The Morgan fingerprint density at radius 1 is 1.10 bits per heavy atom. The summed E-state index contributed by atoms with van der Waals surface area (Å²) in [5.74, 6) is -1.49. The van der Waals surface area contributed by atoms with E-state index in [0.717, 1.165) is 25.7 Å². The fourth-order valence-corrected chi connectivity index (χ4v) is 4.96. The number of carbonyl (C=O) groups excluding carboxylic acids is 3. The van der Waals surface area contributed by atoms with Gasteiger partial charge in [-0.3, -0.25) is 9.59 Å². The molecule has 1 aliphatic heterocycles. The minimum absolute atomic E-state index is 0.00923. The molecule has 2 aromatic rings. The van der Waals surface area contributed by atoms with Gasteiger partial charge in [-0.25, -0.2) is 9.78 Å². The molecule has 1 aliphatic rings. The third-order valence-electron chi connectivity index (χ3n) is 7.23. The zero-order chi connectivity index (χ0) is 28.4. The van der Waals surface area contributed by atoms with Crippen LogP contribution in [0.2, 0.25) is 0 Å². The lowest BCUT2D eigenvalue weighted by molar-refractivity contribution is -0.153. The van der Waals surface area contributed by atoms with Gasteiger partial charge in [-0.15, -0.1) is 0 Å². The fraction of sp³-hybridized carbons (Fsp3) is 0.533. The highest BCUT2D eigenvalue weighted by atomic mass is 16.6. The Bertz CT molecular complexity index is 1120. The molecule has 2 heterocycles. The molecule has 1 aromatic carbocycles. The summed E-state index contributed by atoms with van der Waals surface area (Å²) >= 11 is 0. The molecule has 212 valence electrons. The van der Waals surface area contributed by atoms with Crippen molar-refractivity contribution < 1.29 is 33.3 Å². The first-order valence-electron chi connectivity index (χ1n) is 13.5. The van der Waals surface area contributed by atoms with E-state index in [4.69, 9.17) is 18.9 Å². The minimum Gasteiger partial charge on any atom is -0.493 e. The molecule has 1 amide bonds. The molecule has 0 bridgehead atoms. The standard InChI is InChI=1S/C30H40N2O7/c1-20-21(19-30(2,3)22-12-7-6-8-13-22)11-9-10-14-23(29(35)38-20)32-28(34)26-27(24(37-5)15-17-31-26)39-25(33)16-18-36-4/h6-8,12-13,15,17,20-21,23H,9-11,14,16,18-19H2,1-5H3,(H,32,34)/t20-,21-,23-/m0/s1. The summed E-state index contributed by atoms with van der Waals surface area (Å²) in [6, 6.07) is 11.0. The van der Waals surface area contributed by atoms with Crippen LogP contribution < -0.4 is 14.8 Å². The first-order valence-corrected chi connectivity index (χ1v) is 13.5. The number of rotatable bonds is 10. The van der Waals surface area contributed by atoms with Gasteiger partial charge in [-0.2, -0.15) is 0 Å². The van der Waals surface area contributed by atoms with E-state index >= 15 is 0 Å². The molecule has 1 N–H and O–H groups in total. The fourth-order valence-electron chi connectivity index (χ4n) is 4.96. The Balaban J connectivity index is 1.72. The van der Waals surface area contributed by atoms with Gasteiger partial charge in [0.25, 0.3) is 5.91 Å². The van der Waals surface area contributed by atoms with Crippen molar-refractivity contribution in [3.63, 3.8) is 0 Å². The molecule has 0 unspecified atom stereocenters. The number of benzene rings is 1. The first kappa shape index (κ1) is 30.1. The third kappa shape index (κ3) is 8.26. The number of hydrogen-bond acceptors (Lipinski definition) is 8. The molecule has 3 rings (SSSR count). The molecular formula is C30H40N2O7. The highest BCUT2D eigenvalue weighted by Gasteiger charge is 2.34. The normalized spacial score (nSPS) is 20.1. The molecule has 0 spiro atoms. The monoisotopic (exact) mass is 540 g/mol. The smallest absolute Gasteiger partial charge is 0.328 e. The van der Waals surface area contributed by atoms with Crippen molar-refractivity contribution in [1.82, 2.24) is 10.3 Å². The molecule has 1 saturated heterocycles. The molecule has 39 heavy (non-hydrogen) atoms. The van der Waals surface area contributed by atoms with Gasteiger partial charge < -0.3 is 24.3 Å². The van der Waals surface area contributed by atoms with E-state index in [-0.39, 0.29) is 47.7 Å². The van der Waals surface area contributed by atoms with Gasteiger partial charge in [0.15, 0.2) is 11.4 Å². The van der Waals surface area contributed by atoms with Crippen molar-refractivity contribution >= 4 is 17.8 Å². The number of cyclic esters (lactones) is 1. The minimum atomic E-state index is -0.856. The molecule has 3 atom stereocenters. The summed E-state index contributed by atoms with van der Waals surface area (Å²) in [5.41, 5.74) is 1.02. The number of methoxy groups -OCH3 is 2. The molecule has 1 fully saturated rings. The maximum atomic E-state index is 13.3. The lowest BCUT2D eigenvalue weighted by Gasteiger charge is -2.33. The quantitative estimate of drug-likeness (QED) is 0.435. The Kier molecular flexibility index (Phi) is 10.9. The number of carbonyl (C=O) groups is 3. The Morgan fingerprint density at radius 2 is 1.82 bits per heavy atom. The number of amides is 1. The molecule has 0 radical (unpaired) electrons. The Hall–Kier alpha value is -3.46. The summed E-state index contributed by atoms with van der Waals surface area (Å²) in [6.07, 6.45) is 4.93. The number of aromatic nitrogens is 1. The van der Waals surface area contributed by atoms with Crippen LogP contribution in [0.3, 0.4) is 0 Å². The molecule has 0 saturated carbocycles. The van der Waals surface area contributed by atoms with Crippen LogP contribution in [-0.4, -0.2) is 55.8 Å². The van der Waals surface area contributed by atoms with E-state index in [1.165, 1.54) is 32.0 Å². The zero-order valence-corrected chi connectivity index (χ0v) is 23.5. The number of nitrogens with zero attached hydrogens (tertiary/aromatic N) is 1. The van der Waals surface area contributed by atoms with E-state index in [0.29, 0.717) is 6.42 Å². The second kappa shape index (κ2) is 14.1. The van der Waals surface area contributed by atoms with Gasteiger partial charge in [-0.05, 0) is 43.1 Å². The maximum Gasteiger partial charge on any atom is 0.328 e. The Morgan fingerprint density at radius 3 is 2.51 bits per heavy atom. The molecule has 0 aliphatic carbocycles. The second-order valence-electron chi connectivity index (χ2n) is 10.6. The van der Waals surface area contributed by atoms with Crippen LogP contribution in [0, 0.1) is 5.92 Å². The third-order valence-corrected chi connectivity index (χ3v) is 7.23. The average Bonchev–Trinajstić information content (AvgIpc) is 2.98. The highest BCUT2D eigenvalue weighted by molar-refractivity contribution is 5.98. The molecule has 9 nitrogen and oxygen atoms in total. The summed E-state index contributed by atoms with van der Waals surface area (Å²) in [4.78, 5) is 42.8. The summed E-state index contributed by atoms with van der Waals surface area (Å²) in [6.45, 7) is 6.52. The number of pyridine rings is 1. The van der Waals surface area contributed by atoms with Crippen LogP contribution in [0.5, 0.6) is 11.5 Å². The second-order valence-corrected chi connectivity index (χ2v) is 10.6. The van der Waals surface area contributed by atoms with Crippen LogP contribution in [0.15, 0.2) is 42.6 Å². The van der Waals surface area contributed by atoms with Crippen LogP contribution in [0.4, 0.5) is 0 Å². The predicted octanol–water partition coefficient (Wildman–Crippen LogP) is 4.62. The van der Waals surface area contributed by atoms with Crippen LogP contribution >= 0.6 is 0 Å². The molecular weight excluding hydrogens is 500 g/mol. The van der Waals surface area contributed by atoms with E-state index in [1.54, 1.807) is 0 Å². The van der Waals surface area contributed by atoms with E-state index < -0.39 is 23.9 Å². The Labute approximate surface area is 230 Å². The van der Waals surface area contributed by atoms with Crippen molar-refractivity contribution in [3.05, 3.63) is 53.9 Å². The van der Waals surface area contributed by atoms with Crippen molar-refractivity contribution in [3.8, 4) is 11.5 Å². The topological polar surface area (TPSA) is 113 Å². The lowest BCUT2D eigenvalue weighted by Crippen LogP contribution is -2.43. The van der Waals surface area contributed by atoms with Gasteiger partial charge in [0.1, 0.15) is 12.1 Å². The van der Waals surface area contributed by atoms with Crippen LogP contribution in [0.25, 0.3) is 0 Å². The van der Waals surface area contributed by atoms with Gasteiger partial charge in [-0.1, -0.05) is 57.0 Å². The van der Waals surface area contributed by atoms with Crippen molar-refractivity contribution in [2.45, 2.75) is 76.9 Å². The maximum absolute atomic E-state index is 13.3. The number of hydrogen-bond donors (Lipinski definition) is 1. The van der Waals surface area contributed by atoms with Gasteiger partial charge in [0.05, 0.1) is 20.1 Å². The van der Waals surface area contributed by atoms with Crippen LogP contribution in [0.1, 0.15) is 75.3 Å². The SMILES string of the molecule is COCCC(=O)Oc1c(OC)ccnc1C(=O)N[C@H]1CCCC[C@@H](CC(C)(C)c2ccccc2)[C@H](C)OC1=O. The molecule has 9 heteroatoms. The van der Waals surface area contributed by atoms with E-state index in [9.17, 15) is 14.4 Å². The van der Waals surface area contributed by atoms with Crippen molar-refractivity contribution in [2.24, 2.45) is 5.92 Å². The van der Waals surface area contributed by atoms with E-state index in [1.807, 2.05) is 25.1 Å².